The van der Waals surface area contributed by atoms with E-state index in [2.05, 4.69) is 24.4 Å². The zero-order valence-corrected chi connectivity index (χ0v) is 9.83. The maximum absolute atomic E-state index is 5.41. The molecule has 84 valence electrons. The Hall–Kier alpha value is -1.06. The molecule has 15 heavy (non-hydrogen) atoms. The molecular weight excluding hydrogens is 190 g/mol. The van der Waals surface area contributed by atoms with E-state index in [-0.39, 0.29) is 0 Å². The first-order chi connectivity index (χ1) is 7.19. The smallest absolute Gasteiger partial charge is 0.188 e. The number of benzene rings is 1. The van der Waals surface area contributed by atoms with Crippen molar-refractivity contribution in [2.45, 2.75) is 19.9 Å². The number of rotatable bonds is 5. The summed E-state index contributed by atoms with van der Waals surface area (Å²) in [5, 5.41) is 3.21. The summed E-state index contributed by atoms with van der Waals surface area (Å²) in [5.41, 5.74) is 2.39. The number of hydrogen-bond donors (Lipinski definition) is 1. The van der Waals surface area contributed by atoms with E-state index in [1.54, 1.807) is 7.11 Å². The maximum Gasteiger partial charge on any atom is 0.188 e. The third-order valence-corrected chi connectivity index (χ3v) is 2.46. The third-order valence-electron chi connectivity index (χ3n) is 2.46. The van der Waals surface area contributed by atoms with E-state index >= 15 is 0 Å². The highest BCUT2D eigenvalue weighted by molar-refractivity contribution is 5.37. The molecule has 1 unspecified atom stereocenters. The predicted molar refractivity (Wildman–Crippen MR) is 61.2 cm³/mol. The van der Waals surface area contributed by atoms with Crippen LogP contribution < -0.4 is 10.1 Å². The van der Waals surface area contributed by atoms with Crippen molar-refractivity contribution in [2.75, 3.05) is 21.0 Å². The Morgan fingerprint density at radius 2 is 2.13 bits per heavy atom. The van der Waals surface area contributed by atoms with Crippen molar-refractivity contribution in [1.82, 2.24) is 5.32 Å². The fourth-order valence-corrected chi connectivity index (χ4v) is 1.39. The van der Waals surface area contributed by atoms with Crippen molar-refractivity contribution in [2.24, 2.45) is 0 Å². The third kappa shape index (κ3) is 3.22. The molecule has 0 saturated heterocycles. The Kier molecular flexibility index (Phi) is 4.59. The molecule has 0 aliphatic rings. The molecule has 3 heteroatoms. The highest BCUT2D eigenvalue weighted by atomic mass is 16.7. The van der Waals surface area contributed by atoms with Gasteiger partial charge < -0.3 is 14.8 Å². The van der Waals surface area contributed by atoms with Gasteiger partial charge in [-0.15, -0.1) is 0 Å². The standard InChI is InChI=1S/C12H19NO2/c1-9-7-11(10(2)13-3)5-6-12(9)15-8-14-4/h5-7,10,13H,8H2,1-4H3. The number of methoxy groups -OCH3 is 1. The lowest BCUT2D eigenvalue weighted by Gasteiger charge is -2.14. The fraction of sp³-hybridized carbons (Fsp3) is 0.500. The average molecular weight is 209 g/mol. The molecule has 0 amide bonds. The summed E-state index contributed by atoms with van der Waals surface area (Å²) in [6.07, 6.45) is 0. The van der Waals surface area contributed by atoms with E-state index in [1.807, 2.05) is 20.0 Å². The van der Waals surface area contributed by atoms with Gasteiger partial charge in [0.15, 0.2) is 6.79 Å². The number of ether oxygens (including phenoxy) is 2. The summed E-state index contributed by atoms with van der Waals surface area (Å²) in [6, 6.07) is 6.54. The average Bonchev–Trinajstić information content (AvgIpc) is 2.26. The van der Waals surface area contributed by atoms with Crippen LogP contribution in [0.4, 0.5) is 0 Å². The van der Waals surface area contributed by atoms with Gasteiger partial charge in [-0.05, 0) is 38.1 Å². The normalized spacial score (nSPS) is 12.5. The monoisotopic (exact) mass is 209 g/mol. The van der Waals surface area contributed by atoms with Crippen LogP contribution in [-0.4, -0.2) is 21.0 Å². The lowest BCUT2D eigenvalue weighted by atomic mass is 10.1. The summed E-state index contributed by atoms with van der Waals surface area (Å²) in [6.45, 7) is 4.46. The van der Waals surface area contributed by atoms with Crippen LogP contribution in [0.15, 0.2) is 18.2 Å². The summed E-state index contributed by atoms with van der Waals surface area (Å²) in [7, 11) is 3.57. The van der Waals surface area contributed by atoms with E-state index in [0.29, 0.717) is 12.8 Å². The summed E-state index contributed by atoms with van der Waals surface area (Å²) in [5.74, 6) is 0.879. The highest BCUT2D eigenvalue weighted by Crippen LogP contribution is 2.22. The van der Waals surface area contributed by atoms with Crippen molar-refractivity contribution in [3.05, 3.63) is 29.3 Å². The van der Waals surface area contributed by atoms with Gasteiger partial charge in [0.25, 0.3) is 0 Å². The van der Waals surface area contributed by atoms with Crippen LogP contribution in [0.2, 0.25) is 0 Å². The predicted octanol–water partition coefficient (Wildman–Crippen LogP) is 2.26. The van der Waals surface area contributed by atoms with E-state index in [1.165, 1.54) is 5.56 Å². The van der Waals surface area contributed by atoms with Gasteiger partial charge in [-0.3, -0.25) is 0 Å². The Morgan fingerprint density at radius 3 is 2.67 bits per heavy atom. The van der Waals surface area contributed by atoms with Crippen LogP contribution in [0.1, 0.15) is 24.1 Å². The SMILES string of the molecule is CNC(C)c1ccc(OCOC)c(C)c1. The van der Waals surface area contributed by atoms with E-state index in [0.717, 1.165) is 11.3 Å². The lowest BCUT2D eigenvalue weighted by molar-refractivity contribution is 0.0506. The van der Waals surface area contributed by atoms with Crippen molar-refractivity contribution < 1.29 is 9.47 Å². The first-order valence-corrected chi connectivity index (χ1v) is 5.08. The van der Waals surface area contributed by atoms with Gasteiger partial charge in [0.05, 0.1) is 0 Å². The molecule has 0 radical (unpaired) electrons. The Morgan fingerprint density at radius 1 is 1.40 bits per heavy atom. The van der Waals surface area contributed by atoms with E-state index in [4.69, 9.17) is 9.47 Å². The lowest BCUT2D eigenvalue weighted by Crippen LogP contribution is -2.12. The van der Waals surface area contributed by atoms with Crippen LogP contribution in [0, 0.1) is 6.92 Å². The highest BCUT2D eigenvalue weighted by Gasteiger charge is 2.05. The van der Waals surface area contributed by atoms with Crippen LogP contribution in [-0.2, 0) is 4.74 Å². The molecule has 0 bridgehead atoms. The van der Waals surface area contributed by atoms with Gasteiger partial charge in [-0.25, -0.2) is 0 Å². The first-order valence-electron chi connectivity index (χ1n) is 5.08. The molecule has 0 aromatic heterocycles. The van der Waals surface area contributed by atoms with E-state index < -0.39 is 0 Å². The fourth-order valence-electron chi connectivity index (χ4n) is 1.39. The minimum atomic E-state index is 0.293. The molecular formula is C12H19NO2. The second kappa shape index (κ2) is 5.73. The maximum atomic E-state index is 5.41. The quantitative estimate of drug-likeness (QED) is 0.754. The van der Waals surface area contributed by atoms with Gasteiger partial charge in [-0.2, -0.15) is 0 Å². The van der Waals surface area contributed by atoms with Crippen molar-refractivity contribution in [3.8, 4) is 5.75 Å². The first kappa shape index (κ1) is 12.0. The number of hydrogen-bond acceptors (Lipinski definition) is 3. The van der Waals surface area contributed by atoms with Crippen molar-refractivity contribution >= 4 is 0 Å². The van der Waals surface area contributed by atoms with Crippen molar-refractivity contribution in [3.63, 3.8) is 0 Å². The van der Waals surface area contributed by atoms with E-state index in [9.17, 15) is 0 Å². The molecule has 3 nitrogen and oxygen atoms in total. The Bertz CT molecular complexity index is 312. The molecule has 0 fully saturated rings. The molecule has 1 aromatic rings. The van der Waals surface area contributed by atoms with Crippen LogP contribution in [0.5, 0.6) is 5.75 Å². The largest absolute Gasteiger partial charge is 0.467 e. The minimum absolute atomic E-state index is 0.293. The molecule has 1 N–H and O–H groups in total. The van der Waals surface area contributed by atoms with Crippen LogP contribution >= 0.6 is 0 Å². The number of nitrogens with one attached hydrogen (secondary N) is 1. The van der Waals surface area contributed by atoms with Gasteiger partial charge in [-0.1, -0.05) is 12.1 Å². The Labute approximate surface area is 91.4 Å². The summed E-state index contributed by atoms with van der Waals surface area (Å²) in [4.78, 5) is 0. The zero-order valence-electron chi connectivity index (χ0n) is 9.83. The topological polar surface area (TPSA) is 30.5 Å². The van der Waals surface area contributed by atoms with Crippen LogP contribution in [0.3, 0.4) is 0 Å². The second-order valence-electron chi connectivity index (χ2n) is 3.59. The number of aryl methyl sites for hydroxylation is 1. The van der Waals surface area contributed by atoms with Gasteiger partial charge in [0.1, 0.15) is 5.75 Å². The van der Waals surface area contributed by atoms with Gasteiger partial charge >= 0.3 is 0 Å². The van der Waals surface area contributed by atoms with Crippen molar-refractivity contribution in [1.29, 1.82) is 0 Å². The molecule has 1 atom stereocenters. The van der Waals surface area contributed by atoms with Crippen LogP contribution in [0.25, 0.3) is 0 Å². The molecule has 1 aromatic carbocycles. The molecule has 0 aliphatic heterocycles. The summed E-state index contributed by atoms with van der Waals surface area (Å²) < 4.78 is 10.3. The molecule has 0 heterocycles. The van der Waals surface area contributed by atoms with Gasteiger partial charge in [0.2, 0.25) is 0 Å². The minimum Gasteiger partial charge on any atom is -0.467 e. The molecule has 0 spiro atoms. The molecule has 1 rings (SSSR count). The molecule has 0 aliphatic carbocycles. The zero-order chi connectivity index (χ0) is 11.3. The Balaban J connectivity index is 2.78. The van der Waals surface area contributed by atoms with Gasteiger partial charge in [0, 0.05) is 13.2 Å². The molecule has 0 saturated carbocycles. The summed E-state index contributed by atoms with van der Waals surface area (Å²) >= 11 is 0. The second-order valence-corrected chi connectivity index (χ2v) is 3.59.